The smallest absolute Gasteiger partial charge is 0.380 e. The number of ether oxygens (including phenoxy) is 2. The normalized spacial score (nSPS) is 9.82. The molecule has 0 atom stereocenters. The SMILES string of the molecule is O=CCC(=O)C(=O)Oc1ccccc1OCc1ccccc1. The summed E-state index contributed by atoms with van der Waals surface area (Å²) in [5, 5.41) is 0. The standard InChI is InChI=1S/C17H14O5/c18-11-10-14(19)17(20)22-16-9-5-4-8-15(16)21-12-13-6-2-1-3-7-13/h1-9,11H,10,12H2. The Morgan fingerprint density at radius 2 is 1.55 bits per heavy atom. The summed E-state index contributed by atoms with van der Waals surface area (Å²) in [5.41, 5.74) is 0.959. The number of ketones is 1. The van der Waals surface area contributed by atoms with Crippen molar-refractivity contribution in [3.8, 4) is 11.5 Å². The summed E-state index contributed by atoms with van der Waals surface area (Å²) in [6, 6.07) is 16.0. The molecule has 0 amide bonds. The number of carbonyl (C=O) groups is 3. The molecule has 0 saturated heterocycles. The van der Waals surface area contributed by atoms with Crippen LogP contribution in [0.2, 0.25) is 0 Å². The lowest BCUT2D eigenvalue weighted by Gasteiger charge is -2.11. The molecule has 0 aliphatic rings. The molecular formula is C17H14O5. The van der Waals surface area contributed by atoms with Crippen LogP contribution in [0.3, 0.4) is 0 Å². The average molecular weight is 298 g/mol. The van der Waals surface area contributed by atoms with E-state index in [1.54, 1.807) is 18.2 Å². The van der Waals surface area contributed by atoms with Crippen molar-refractivity contribution >= 4 is 18.0 Å². The van der Waals surface area contributed by atoms with E-state index >= 15 is 0 Å². The first-order chi connectivity index (χ1) is 10.7. The molecule has 5 nitrogen and oxygen atoms in total. The van der Waals surface area contributed by atoms with Gasteiger partial charge in [0.25, 0.3) is 0 Å². The second-order valence-electron chi connectivity index (χ2n) is 4.40. The van der Waals surface area contributed by atoms with Crippen LogP contribution in [0.4, 0.5) is 0 Å². The molecule has 0 spiro atoms. The molecular weight excluding hydrogens is 284 g/mol. The Kier molecular flexibility index (Phi) is 5.43. The summed E-state index contributed by atoms with van der Waals surface area (Å²) < 4.78 is 10.6. The minimum Gasteiger partial charge on any atom is -0.485 e. The third kappa shape index (κ3) is 4.28. The molecule has 2 aromatic carbocycles. The van der Waals surface area contributed by atoms with Crippen molar-refractivity contribution in [2.24, 2.45) is 0 Å². The molecule has 2 rings (SSSR count). The van der Waals surface area contributed by atoms with Crippen LogP contribution in [0.15, 0.2) is 54.6 Å². The van der Waals surface area contributed by atoms with E-state index < -0.39 is 18.2 Å². The summed E-state index contributed by atoms with van der Waals surface area (Å²) in [6.07, 6.45) is -0.132. The second-order valence-corrected chi connectivity index (χ2v) is 4.40. The van der Waals surface area contributed by atoms with E-state index in [2.05, 4.69) is 0 Å². The quantitative estimate of drug-likeness (QED) is 0.258. The van der Waals surface area contributed by atoms with E-state index in [-0.39, 0.29) is 5.75 Å². The van der Waals surface area contributed by atoms with Crippen molar-refractivity contribution in [3.63, 3.8) is 0 Å². The maximum absolute atomic E-state index is 11.5. The van der Waals surface area contributed by atoms with Gasteiger partial charge in [-0.1, -0.05) is 42.5 Å². The highest BCUT2D eigenvalue weighted by Gasteiger charge is 2.17. The van der Waals surface area contributed by atoms with Gasteiger partial charge in [-0.25, -0.2) is 4.79 Å². The van der Waals surface area contributed by atoms with Gasteiger partial charge in [0.15, 0.2) is 11.5 Å². The van der Waals surface area contributed by atoms with Crippen LogP contribution >= 0.6 is 0 Å². The molecule has 112 valence electrons. The molecule has 22 heavy (non-hydrogen) atoms. The molecule has 0 radical (unpaired) electrons. The summed E-state index contributed by atoms with van der Waals surface area (Å²) in [7, 11) is 0. The van der Waals surface area contributed by atoms with Crippen molar-refractivity contribution < 1.29 is 23.9 Å². The van der Waals surface area contributed by atoms with Crippen LogP contribution in [0, 0.1) is 0 Å². The zero-order valence-electron chi connectivity index (χ0n) is 11.7. The first-order valence-electron chi connectivity index (χ1n) is 6.65. The Bertz CT molecular complexity index is 664. The highest BCUT2D eigenvalue weighted by molar-refractivity contribution is 6.36. The van der Waals surface area contributed by atoms with Crippen molar-refractivity contribution in [1.29, 1.82) is 0 Å². The molecule has 0 aromatic heterocycles. The van der Waals surface area contributed by atoms with Crippen LogP contribution in [-0.4, -0.2) is 18.0 Å². The number of rotatable bonds is 7. The summed E-state index contributed by atoms with van der Waals surface area (Å²) in [4.78, 5) is 33.1. The number of benzene rings is 2. The van der Waals surface area contributed by atoms with Gasteiger partial charge in [0, 0.05) is 0 Å². The highest BCUT2D eigenvalue weighted by Crippen LogP contribution is 2.27. The summed E-state index contributed by atoms with van der Waals surface area (Å²) in [5.74, 6) is -1.49. The van der Waals surface area contributed by atoms with Crippen molar-refractivity contribution in [2.75, 3.05) is 0 Å². The van der Waals surface area contributed by atoms with E-state index in [0.717, 1.165) is 5.56 Å². The topological polar surface area (TPSA) is 69.7 Å². The van der Waals surface area contributed by atoms with E-state index in [0.29, 0.717) is 18.6 Å². The van der Waals surface area contributed by atoms with Crippen molar-refractivity contribution in [3.05, 3.63) is 60.2 Å². The van der Waals surface area contributed by atoms with Crippen LogP contribution < -0.4 is 9.47 Å². The van der Waals surface area contributed by atoms with Gasteiger partial charge < -0.3 is 14.3 Å². The Labute approximate surface area is 127 Å². The number of Topliss-reactive ketones (excluding diaryl/α,β-unsaturated/α-hetero) is 1. The molecule has 2 aromatic rings. The van der Waals surface area contributed by atoms with Gasteiger partial charge in [-0.05, 0) is 17.7 Å². The van der Waals surface area contributed by atoms with Crippen molar-refractivity contribution in [1.82, 2.24) is 0 Å². The second kappa shape index (κ2) is 7.73. The fourth-order valence-corrected chi connectivity index (χ4v) is 1.70. The van der Waals surface area contributed by atoms with E-state index in [4.69, 9.17) is 9.47 Å². The number of carbonyl (C=O) groups excluding carboxylic acids is 3. The minimum absolute atomic E-state index is 0.141. The van der Waals surface area contributed by atoms with Gasteiger partial charge in [-0.2, -0.15) is 0 Å². The maximum Gasteiger partial charge on any atom is 0.380 e. The molecule has 0 aliphatic carbocycles. The predicted octanol–water partition coefficient (Wildman–Crippen LogP) is 2.33. The number of aldehydes is 1. The fourth-order valence-electron chi connectivity index (χ4n) is 1.70. The fraction of sp³-hybridized carbons (Fsp3) is 0.118. The zero-order valence-corrected chi connectivity index (χ0v) is 11.7. The molecule has 0 heterocycles. The van der Waals surface area contributed by atoms with Crippen molar-refractivity contribution in [2.45, 2.75) is 13.0 Å². The molecule has 0 bridgehead atoms. The lowest BCUT2D eigenvalue weighted by molar-refractivity contribution is -0.147. The average Bonchev–Trinajstić information content (AvgIpc) is 2.55. The molecule has 0 aliphatic heterocycles. The van der Waals surface area contributed by atoms with E-state index in [1.165, 1.54) is 6.07 Å². The van der Waals surface area contributed by atoms with E-state index in [9.17, 15) is 14.4 Å². The lowest BCUT2D eigenvalue weighted by atomic mass is 10.2. The molecule has 0 N–H and O–H groups in total. The number of esters is 1. The van der Waals surface area contributed by atoms with Gasteiger partial charge in [0.05, 0.1) is 6.42 Å². The predicted molar refractivity (Wildman–Crippen MR) is 78.5 cm³/mol. The minimum atomic E-state index is -1.08. The van der Waals surface area contributed by atoms with Crippen LogP contribution in [0.5, 0.6) is 11.5 Å². The van der Waals surface area contributed by atoms with E-state index in [1.807, 2.05) is 30.3 Å². The molecule has 0 saturated carbocycles. The zero-order chi connectivity index (χ0) is 15.8. The van der Waals surface area contributed by atoms with Gasteiger partial charge in [-0.15, -0.1) is 0 Å². The maximum atomic E-state index is 11.5. The summed E-state index contributed by atoms with van der Waals surface area (Å²) in [6.45, 7) is 0.303. The highest BCUT2D eigenvalue weighted by atomic mass is 16.6. The van der Waals surface area contributed by atoms with Crippen LogP contribution in [0.1, 0.15) is 12.0 Å². The number of hydrogen-bond donors (Lipinski definition) is 0. The van der Waals surface area contributed by atoms with Crippen LogP contribution in [0.25, 0.3) is 0 Å². The Balaban J connectivity index is 2.05. The van der Waals surface area contributed by atoms with Crippen LogP contribution in [-0.2, 0) is 21.0 Å². The monoisotopic (exact) mass is 298 g/mol. The number of para-hydroxylation sites is 2. The Morgan fingerprint density at radius 1 is 0.909 bits per heavy atom. The molecule has 5 heteroatoms. The van der Waals surface area contributed by atoms with Gasteiger partial charge in [0.1, 0.15) is 12.9 Å². The van der Waals surface area contributed by atoms with Gasteiger partial charge >= 0.3 is 5.97 Å². The Morgan fingerprint density at radius 3 is 2.23 bits per heavy atom. The molecule has 0 fully saturated rings. The third-order valence-corrected chi connectivity index (χ3v) is 2.79. The lowest BCUT2D eigenvalue weighted by Crippen LogP contribution is -2.20. The largest absolute Gasteiger partial charge is 0.485 e. The Hall–Kier alpha value is -2.95. The number of hydrogen-bond acceptors (Lipinski definition) is 5. The first kappa shape index (κ1) is 15.4. The van der Waals surface area contributed by atoms with Gasteiger partial charge in [0.2, 0.25) is 5.78 Å². The first-order valence-corrected chi connectivity index (χ1v) is 6.65. The molecule has 0 unspecified atom stereocenters. The third-order valence-electron chi connectivity index (χ3n) is 2.79. The van der Waals surface area contributed by atoms with Gasteiger partial charge in [-0.3, -0.25) is 4.79 Å². The summed E-state index contributed by atoms with van der Waals surface area (Å²) >= 11 is 0.